The number of aromatic nitrogens is 1. The predicted octanol–water partition coefficient (Wildman–Crippen LogP) is 3.30. The van der Waals surface area contributed by atoms with E-state index in [1.54, 1.807) is 23.2 Å². The Bertz CT molecular complexity index is 1070. The van der Waals surface area contributed by atoms with Crippen LogP contribution in [0.1, 0.15) is 22.9 Å². The number of hydrogen-bond donors (Lipinski definition) is 2. The van der Waals surface area contributed by atoms with Gasteiger partial charge < -0.3 is 15.5 Å². The first-order valence-electron chi connectivity index (χ1n) is 9.92. The summed E-state index contributed by atoms with van der Waals surface area (Å²) in [6, 6.07) is 14.6. The molecular formula is C23H22N4O3S. The third kappa shape index (κ3) is 4.64. The van der Waals surface area contributed by atoms with E-state index in [-0.39, 0.29) is 30.7 Å². The largest absolute Gasteiger partial charge is 0.347 e. The van der Waals surface area contributed by atoms with Crippen molar-refractivity contribution >= 4 is 40.4 Å². The van der Waals surface area contributed by atoms with E-state index < -0.39 is 12.0 Å². The van der Waals surface area contributed by atoms with Crippen molar-refractivity contribution in [3.05, 3.63) is 76.7 Å². The summed E-state index contributed by atoms with van der Waals surface area (Å²) < 4.78 is 0. The molecule has 7 nitrogen and oxygen atoms in total. The van der Waals surface area contributed by atoms with Crippen LogP contribution >= 0.6 is 11.3 Å². The van der Waals surface area contributed by atoms with Gasteiger partial charge in [-0.3, -0.25) is 19.4 Å². The Balaban J connectivity index is 1.49. The topological polar surface area (TPSA) is 91.4 Å². The molecule has 2 N–H and O–H groups in total. The van der Waals surface area contributed by atoms with Gasteiger partial charge in [0, 0.05) is 23.2 Å². The smallest absolute Gasteiger partial charge is 0.243 e. The number of carbonyl (C=O) groups excluding carboxylic acids is 3. The zero-order valence-corrected chi connectivity index (χ0v) is 17.8. The molecule has 8 heteroatoms. The van der Waals surface area contributed by atoms with Gasteiger partial charge in [-0.15, -0.1) is 11.3 Å². The van der Waals surface area contributed by atoms with Crippen LogP contribution in [-0.2, 0) is 14.4 Å². The number of nitrogens with zero attached hydrogens (tertiary/aromatic N) is 2. The highest BCUT2D eigenvalue weighted by Crippen LogP contribution is 2.43. The van der Waals surface area contributed by atoms with E-state index in [1.165, 1.54) is 17.5 Å². The molecule has 2 unspecified atom stereocenters. The van der Waals surface area contributed by atoms with Gasteiger partial charge in [-0.2, -0.15) is 0 Å². The van der Waals surface area contributed by atoms with E-state index in [0.29, 0.717) is 5.69 Å². The highest BCUT2D eigenvalue weighted by atomic mass is 32.1. The molecule has 0 bridgehead atoms. The average molecular weight is 435 g/mol. The number of amides is 3. The minimum absolute atomic E-state index is 0.0898. The van der Waals surface area contributed by atoms with Crippen LogP contribution in [0.4, 0.5) is 11.4 Å². The summed E-state index contributed by atoms with van der Waals surface area (Å²) in [4.78, 5) is 44.7. The van der Waals surface area contributed by atoms with Crippen LogP contribution in [0.5, 0.6) is 0 Å². The summed E-state index contributed by atoms with van der Waals surface area (Å²) in [5.74, 6) is -1.36. The van der Waals surface area contributed by atoms with Crippen LogP contribution in [0.3, 0.4) is 0 Å². The molecule has 0 aliphatic carbocycles. The molecule has 2 aromatic heterocycles. The molecule has 4 rings (SSSR count). The van der Waals surface area contributed by atoms with Crippen molar-refractivity contribution in [1.82, 2.24) is 10.3 Å². The quantitative estimate of drug-likeness (QED) is 0.623. The Morgan fingerprint density at radius 2 is 1.97 bits per heavy atom. The molecule has 3 heterocycles. The number of rotatable bonds is 6. The first-order chi connectivity index (χ1) is 15.0. The van der Waals surface area contributed by atoms with Crippen LogP contribution in [-0.4, -0.2) is 29.3 Å². The first-order valence-corrected chi connectivity index (χ1v) is 10.8. The van der Waals surface area contributed by atoms with Gasteiger partial charge in [0.1, 0.15) is 0 Å². The molecule has 0 radical (unpaired) electrons. The Kier molecular flexibility index (Phi) is 6.08. The summed E-state index contributed by atoms with van der Waals surface area (Å²) in [5, 5.41) is 7.31. The van der Waals surface area contributed by atoms with Gasteiger partial charge in [-0.1, -0.05) is 23.8 Å². The molecule has 1 aliphatic heterocycles. The number of nitrogens with one attached hydrogen (secondary N) is 2. The second kappa shape index (κ2) is 9.09. The number of aryl methyl sites for hydroxylation is 1. The molecule has 3 amide bonds. The van der Waals surface area contributed by atoms with Gasteiger partial charge in [0.25, 0.3) is 0 Å². The van der Waals surface area contributed by atoms with Gasteiger partial charge >= 0.3 is 0 Å². The lowest BCUT2D eigenvalue weighted by atomic mass is 9.97. The molecule has 1 aliphatic rings. The maximum absolute atomic E-state index is 13.0. The second-order valence-electron chi connectivity index (χ2n) is 7.38. The third-order valence-electron chi connectivity index (χ3n) is 5.17. The number of carbonyl (C=O) groups is 3. The lowest BCUT2D eigenvalue weighted by Crippen LogP contribution is -2.39. The van der Waals surface area contributed by atoms with Crippen LogP contribution < -0.4 is 15.5 Å². The van der Waals surface area contributed by atoms with Crippen molar-refractivity contribution in [1.29, 1.82) is 0 Å². The molecule has 1 aromatic carbocycles. The van der Waals surface area contributed by atoms with Crippen LogP contribution in [0.2, 0.25) is 0 Å². The minimum Gasteiger partial charge on any atom is -0.347 e. The molecule has 0 saturated carbocycles. The molecule has 1 fully saturated rings. The second-order valence-corrected chi connectivity index (χ2v) is 8.36. The lowest BCUT2D eigenvalue weighted by Gasteiger charge is -2.27. The Morgan fingerprint density at radius 3 is 2.65 bits per heavy atom. The lowest BCUT2D eigenvalue weighted by molar-refractivity contribution is -0.128. The van der Waals surface area contributed by atoms with E-state index >= 15 is 0 Å². The number of benzene rings is 1. The van der Waals surface area contributed by atoms with E-state index in [0.717, 1.165) is 16.1 Å². The van der Waals surface area contributed by atoms with E-state index in [1.807, 2.05) is 48.7 Å². The SMILES string of the molecule is Cc1ccc(N2C(=O)CC(C(=O)NCC(=O)Nc3cccnc3)C2c2cccs2)cc1. The third-order valence-corrected chi connectivity index (χ3v) is 6.12. The van der Waals surface area contributed by atoms with Crippen LogP contribution in [0.15, 0.2) is 66.3 Å². The van der Waals surface area contributed by atoms with Crippen molar-refractivity contribution in [2.24, 2.45) is 5.92 Å². The molecule has 0 spiro atoms. The molecule has 31 heavy (non-hydrogen) atoms. The van der Waals surface area contributed by atoms with Gasteiger partial charge in [0.2, 0.25) is 17.7 Å². The molecule has 1 saturated heterocycles. The minimum atomic E-state index is -0.585. The van der Waals surface area contributed by atoms with E-state index in [4.69, 9.17) is 0 Å². The fraction of sp³-hybridized carbons (Fsp3) is 0.217. The average Bonchev–Trinajstić information content (AvgIpc) is 3.41. The normalized spacial score (nSPS) is 18.1. The summed E-state index contributed by atoms with van der Waals surface area (Å²) in [7, 11) is 0. The van der Waals surface area contributed by atoms with Crippen LogP contribution in [0, 0.1) is 12.8 Å². The highest BCUT2D eigenvalue weighted by Gasteiger charge is 2.45. The number of thiophene rings is 1. The number of hydrogen-bond acceptors (Lipinski definition) is 5. The Labute approximate surface area is 184 Å². The van der Waals surface area contributed by atoms with E-state index in [2.05, 4.69) is 15.6 Å². The first kappa shape index (κ1) is 20.7. The van der Waals surface area contributed by atoms with Gasteiger partial charge in [-0.05, 0) is 42.6 Å². The molecule has 2 atom stereocenters. The van der Waals surface area contributed by atoms with Gasteiger partial charge in [0.15, 0.2) is 0 Å². The number of pyridine rings is 1. The summed E-state index contributed by atoms with van der Waals surface area (Å²) in [6.45, 7) is 1.80. The summed E-state index contributed by atoms with van der Waals surface area (Å²) >= 11 is 1.51. The zero-order chi connectivity index (χ0) is 21.8. The zero-order valence-electron chi connectivity index (χ0n) is 16.9. The van der Waals surface area contributed by atoms with Crippen molar-refractivity contribution in [2.45, 2.75) is 19.4 Å². The summed E-state index contributed by atoms with van der Waals surface area (Å²) in [6.07, 6.45) is 3.23. The Morgan fingerprint density at radius 1 is 1.16 bits per heavy atom. The molecular weight excluding hydrogens is 412 g/mol. The fourth-order valence-electron chi connectivity index (χ4n) is 3.70. The van der Waals surface area contributed by atoms with Gasteiger partial charge in [0.05, 0.1) is 30.4 Å². The fourth-order valence-corrected chi connectivity index (χ4v) is 4.59. The van der Waals surface area contributed by atoms with E-state index in [9.17, 15) is 14.4 Å². The van der Waals surface area contributed by atoms with Crippen molar-refractivity contribution < 1.29 is 14.4 Å². The van der Waals surface area contributed by atoms with Gasteiger partial charge in [-0.25, -0.2) is 0 Å². The monoisotopic (exact) mass is 434 g/mol. The van der Waals surface area contributed by atoms with Crippen molar-refractivity contribution in [3.8, 4) is 0 Å². The summed E-state index contributed by atoms with van der Waals surface area (Å²) in [5.41, 5.74) is 2.41. The van der Waals surface area contributed by atoms with Crippen molar-refractivity contribution in [3.63, 3.8) is 0 Å². The maximum atomic E-state index is 13.0. The standard InChI is InChI=1S/C23H22N4O3S/c1-15-6-8-17(9-7-15)27-21(29)12-18(22(27)19-5-3-11-31-19)23(30)25-14-20(28)26-16-4-2-10-24-13-16/h2-11,13,18,22H,12,14H2,1H3,(H,25,30)(H,26,28). The Hall–Kier alpha value is -3.52. The highest BCUT2D eigenvalue weighted by molar-refractivity contribution is 7.10. The maximum Gasteiger partial charge on any atom is 0.243 e. The predicted molar refractivity (Wildman–Crippen MR) is 120 cm³/mol. The molecule has 3 aromatic rings. The molecule has 158 valence electrons. The van der Waals surface area contributed by atoms with Crippen LogP contribution in [0.25, 0.3) is 0 Å². The number of anilines is 2. The van der Waals surface area contributed by atoms with Crippen molar-refractivity contribution in [2.75, 3.05) is 16.8 Å².